The third kappa shape index (κ3) is 4.23. The minimum atomic E-state index is -0.260. The summed E-state index contributed by atoms with van der Waals surface area (Å²) in [6.07, 6.45) is 1.11. The maximum absolute atomic E-state index is 12.7. The first kappa shape index (κ1) is 11.0. The molecule has 0 saturated heterocycles. The van der Waals surface area contributed by atoms with Crippen LogP contribution >= 0.6 is 0 Å². The number of ether oxygens (including phenoxy) is 1. The highest BCUT2D eigenvalue weighted by atomic mass is 19.1. The molecule has 0 aromatic heterocycles. The average Bonchev–Trinajstić information content (AvgIpc) is 2.18. The lowest BCUT2D eigenvalue weighted by Gasteiger charge is -2.06. The molecule has 14 heavy (non-hydrogen) atoms. The van der Waals surface area contributed by atoms with Crippen LogP contribution in [0.5, 0.6) is 5.75 Å². The highest BCUT2D eigenvalue weighted by Gasteiger charge is 1.94. The summed E-state index contributed by atoms with van der Waals surface area (Å²) in [4.78, 5) is 0. The molecular formula is C11H16FNO. The summed E-state index contributed by atoms with van der Waals surface area (Å²) in [6.45, 7) is 4.47. The van der Waals surface area contributed by atoms with Crippen molar-refractivity contribution in [2.75, 3.05) is 19.7 Å². The van der Waals surface area contributed by atoms with E-state index < -0.39 is 0 Å². The minimum absolute atomic E-state index is 0.260. The van der Waals surface area contributed by atoms with Gasteiger partial charge in [-0.1, -0.05) is 13.0 Å². The Balaban J connectivity index is 2.18. The maximum Gasteiger partial charge on any atom is 0.126 e. The van der Waals surface area contributed by atoms with Crippen molar-refractivity contribution in [1.82, 2.24) is 5.32 Å². The molecule has 0 bridgehead atoms. The molecule has 0 saturated carbocycles. The molecule has 0 radical (unpaired) electrons. The van der Waals surface area contributed by atoms with E-state index in [0.29, 0.717) is 12.4 Å². The molecule has 1 aromatic carbocycles. The van der Waals surface area contributed by atoms with Gasteiger partial charge in [-0.25, -0.2) is 4.39 Å². The fourth-order valence-electron chi connectivity index (χ4n) is 1.10. The van der Waals surface area contributed by atoms with Crippen molar-refractivity contribution in [2.45, 2.75) is 13.3 Å². The van der Waals surface area contributed by atoms with Gasteiger partial charge in [0.15, 0.2) is 0 Å². The maximum atomic E-state index is 12.7. The van der Waals surface area contributed by atoms with Gasteiger partial charge in [0.25, 0.3) is 0 Å². The Labute approximate surface area is 84.1 Å². The summed E-state index contributed by atoms with van der Waals surface area (Å²) in [5, 5.41) is 3.20. The van der Waals surface area contributed by atoms with E-state index in [1.165, 1.54) is 12.1 Å². The van der Waals surface area contributed by atoms with Gasteiger partial charge in [-0.2, -0.15) is 0 Å². The van der Waals surface area contributed by atoms with Gasteiger partial charge in [-0.3, -0.25) is 0 Å². The van der Waals surface area contributed by atoms with E-state index in [2.05, 4.69) is 12.2 Å². The fourth-order valence-corrected chi connectivity index (χ4v) is 1.10. The van der Waals surface area contributed by atoms with E-state index in [0.717, 1.165) is 19.5 Å². The zero-order chi connectivity index (χ0) is 10.2. The number of rotatable bonds is 6. The summed E-state index contributed by atoms with van der Waals surface area (Å²) < 4.78 is 18.0. The van der Waals surface area contributed by atoms with Crippen LogP contribution in [0.4, 0.5) is 4.39 Å². The molecule has 3 heteroatoms. The average molecular weight is 197 g/mol. The third-order valence-corrected chi connectivity index (χ3v) is 1.77. The third-order valence-electron chi connectivity index (χ3n) is 1.77. The first-order chi connectivity index (χ1) is 6.83. The molecule has 1 N–H and O–H groups in total. The Morgan fingerprint density at radius 1 is 1.36 bits per heavy atom. The molecule has 0 spiro atoms. The molecule has 0 fully saturated rings. The summed E-state index contributed by atoms with van der Waals surface area (Å²) in [7, 11) is 0. The standard InChI is InChI=1S/C11H16FNO/c1-2-6-13-7-8-14-11-5-3-4-10(12)9-11/h3-5,9,13H,2,6-8H2,1H3. The number of nitrogens with one attached hydrogen (secondary N) is 1. The summed E-state index contributed by atoms with van der Waals surface area (Å²) in [6, 6.07) is 6.19. The first-order valence-electron chi connectivity index (χ1n) is 4.92. The van der Waals surface area contributed by atoms with Gasteiger partial charge >= 0.3 is 0 Å². The van der Waals surface area contributed by atoms with E-state index in [1.54, 1.807) is 12.1 Å². The van der Waals surface area contributed by atoms with Crippen LogP contribution in [0.2, 0.25) is 0 Å². The van der Waals surface area contributed by atoms with Crippen molar-refractivity contribution in [3.63, 3.8) is 0 Å². The molecule has 0 atom stereocenters. The van der Waals surface area contributed by atoms with Gasteiger partial charge in [-0.15, -0.1) is 0 Å². The fraction of sp³-hybridized carbons (Fsp3) is 0.455. The topological polar surface area (TPSA) is 21.3 Å². The molecule has 78 valence electrons. The first-order valence-corrected chi connectivity index (χ1v) is 4.92. The number of hydrogen-bond acceptors (Lipinski definition) is 2. The molecule has 0 unspecified atom stereocenters. The van der Waals surface area contributed by atoms with E-state index in [1.807, 2.05) is 0 Å². The Morgan fingerprint density at radius 2 is 2.21 bits per heavy atom. The molecule has 1 rings (SSSR count). The normalized spacial score (nSPS) is 10.1. The second kappa shape index (κ2) is 6.38. The number of halogens is 1. The summed E-state index contributed by atoms with van der Waals surface area (Å²) in [5.41, 5.74) is 0. The largest absolute Gasteiger partial charge is 0.492 e. The molecule has 0 heterocycles. The lowest BCUT2D eigenvalue weighted by molar-refractivity contribution is 0.312. The van der Waals surface area contributed by atoms with Gasteiger partial charge < -0.3 is 10.1 Å². The van der Waals surface area contributed by atoms with E-state index in [-0.39, 0.29) is 5.82 Å². The van der Waals surface area contributed by atoms with Crippen LogP contribution in [-0.4, -0.2) is 19.7 Å². The van der Waals surface area contributed by atoms with Gasteiger partial charge in [-0.05, 0) is 25.1 Å². The van der Waals surface area contributed by atoms with Crippen molar-refractivity contribution < 1.29 is 9.13 Å². The second-order valence-corrected chi connectivity index (χ2v) is 3.06. The van der Waals surface area contributed by atoms with E-state index in [9.17, 15) is 4.39 Å². The Bertz CT molecular complexity index is 265. The zero-order valence-electron chi connectivity index (χ0n) is 8.42. The van der Waals surface area contributed by atoms with Crippen LogP contribution < -0.4 is 10.1 Å². The van der Waals surface area contributed by atoms with Gasteiger partial charge in [0, 0.05) is 12.6 Å². The Morgan fingerprint density at radius 3 is 2.93 bits per heavy atom. The highest BCUT2D eigenvalue weighted by Crippen LogP contribution is 2.11. The predicted molar refractivity (Wildman–Crippen MR) is 55.1 cm³/mol. The monoisotopic (exact) mass is 197 g/mol. The number of hydrogen-bond donors (Lipinski definition) is 1. The lowest BCUT2D eigenvalue weighted by Crippen LogP contribution is -2.21. The molecule has 2 nitrogen and oxygen atoms in total. The zero-order valence-corrected chi connectivity index (χ0v) is 8.42. The van der Waals surface area contributed by atoms with Crippen molar-refractivity contribution in [3.8, 4) is 5.75 Å². The smallest absolute Gasteiger partial charge is 0.126 e. The van der Waals surface area contributed by atoms with Crippen LogP contribution in [0.3, 0.4) is 0 Å². The van der Waals surface area contributed by atoms with Crippen LogP contribution in [0, 0.1) is 5.82 Å². The van der Waals surface area contributed by atoms with E-state index in [4.69, 9.17) is 4.74 Å². The Kier molecular flexibility index (Phi) is 5.00. The molecule has 0 amide bonds. The van der Waals surface area contributed by atoms with Crippen LogP contribution in [0.15, 0.2) is 24.3 Å². The summed E-state index contributed by atoms with van der Waals surface area (Å²) in [5.74, 6) is 0.326. The van der Waals surface area contributed by atoms with Gasteiger partial charge in [0.2, 0.25) is 0 Å². The van der Waals surface area contributed by atoms with Crippen molar-refractivity contribution in [1.29, 1.82) is 0 Å². The molecular weight excluding hydrogens is 181 g/mol. The molecule has 0 aliphatic carbocycles. The van der Waals surface area contributed by atoms with Gasteiger partial charge in [0.1, 0.15) is 18.2 Å². The molecule has 0 aliphatic heterocycles. The summed E-state index contributed by atoms with van der Waals surface area (Å²) >= 11 is 0. The highest BCUT2D eigenvalue weighted by molar-refractivity contribution is 5.22. The number of benzene rings is 1. The Hall–Kier alpha value is -1.09. The van der Waals surface area contributed by atoms with E-state index >= 15 is 0 Å². The van der Waals surface area contributed by atoms with Gasteiger partial charge in [0.05, 0.1) is 0 Å². The van der Waals surface area contributed by atoms with Crippen LogP contribution in [0.25, 0.3) is 0 Å². The van der Waals surface area contributed by atoms with Crippen LogP contribution in [-0.2, 0) is 0 Å². The lowest BCUT2D eigenvalue weighted by atomic mass is 10.3. The second-order valence-electron chi connectivity index (χ2n) is 3.06. The van der Waals surface area contributed by atoms with Crippen molar-refractivity contribution in [2.24, 2.45) is 0 Å². The van der Waals surface area contributed by atoms with Crippen molar-refractivity contribution in [3.05, 3.63) is 30.1 Å². The van der Waals surface area contributed by atoms with Crippen LogP contribution in [0.1, 0.15) is 13.3 Å². The predicted octanol–water partition coefficient (Wildman–Crippen LogP) is 2.20. The molecule has 1 aromatic rings. The van der Waals surface area contributed by atoms with Crippen molar-refractivity contribution >= 4 is 0 Å². The molecule has 0 aliphatic rings. The quantitative estimate of drug-likeness (QED) is 0.706. The minimum Gasteiger partial charge on any atom is -0.492 e. The SMILES string of the molecule is CCCNCCOc1cccc(F)c1.